The third kappa shape index (κ3) is 9.45. The summed E-state index contributed by atoms with van der Waals surface area (Å²) in [6.45, 7) is 5.99. The highest BCUT2D eigenvalue weighted by molar-refractivity contribution is 5.67. The molecule has 0 radical (unpaired) electrons. The van der Waals surface area contributed by atoms with Crippen LogP contribution in [0.25, 0.3) is 0 Å². The molecule has 0 saturated heterocycles. The molecule has 5 nitrogen and oxygen atoms in total. The molecule has 1 unspecified atom stereocenters. The van der Waals surface area contributed by atoms with Gasteiger partial charge < -0.3 is 20.6 Å². The molecule has 0 rings (SSSR count). The second-order valence-electron chi connectivity index (χ2n) is 4.72. The van der Waals surface area contributed by atoms with Crippen LogP contribution in [-0.2, 0) is 9.53 Å². The monoisotopic (exact) mass is 230 g/mol. The number of alkyl carbamates (subject to hydrolysis) is 1. The Labute approximate surface area is 96.7 Å². The van der Waals surface area contributed by atoms with E-state index in [9.17, 15) is 9.59 Å². The van der Waals surface area contributed by atoms with Crippen LogP contribution in [-0.4, -0.2) is 30.6 Å². The lowest BCUT2D eigenvalue weighted by atomic mass is 10.1. The van der Waals surface area contributed by atoms with E-state index in [1.54, 1.807) is 0 Å². The fraction of sp³-hybridized carbons (Fsp3) is 0.818. The number of carbonyl (C=O) groups is 2. The van der Waals surface area contributed by atoms with Crippen LogP contribution in [0.1, 0.15) is 40.0 Å². The Morgan fingerprint density at radius 2 is 2.06 bits per heavy atom. The van der Waals surface area contributed by atoms with Gasteiger partial charge in [0.05, 0.1) is 6.04 Å². The van der Waals surface area contributed by atoms with Crippen LogP contribution in [0.2, 0.25) is 0 Å². The van der Waals surface area contributed by atoms with Crippen molar-refractivity contribution < 1.29 is 14.3 Å². The summed E-state index contributed by atoms with van der Waals surface area (Å²) in [5, 5.41) is 2.64. The van der Waals surface area contributed by atoms with Gasteiger partial charge in [0.25, 0.3) is 0 Å². The maximum Gasteiger partial charge on any atom is 0.407 e. The lowest BCUT2D eigenvalue weighted by Gasteiger charge is -2.19. The van der Waals surface area contributed by atoms with Gasteiger partial charge in [0, 0.05) is 6.54 Å². The number of ether oxygens (including phenoxy) is 1. The highest BCUT2D eigenvalue weighted by atomic mass is 16.6. The van der Waals surface area contributed by atoms with Crippen LogP contribution in [0.4, 0.5) is 4.79 Å². The van der Waals surface area contributed by atoms with E-state index >= 15 is 0 Å². The van der Waals surface area contributed by atoms with Crippen molar-refractivity contribution in [3.63, 3.8) is 0 Å². The zero-order valence-electron chi connectivity index (χ0n) is 10.3. The molecule has 0 aromatic heterocycles. The largest absolute Gasteiger partial charge is 0.444 e. The van der Waals surface area contributed by atoms with Gasteiger partial charge >= 0.3 is 6.09 Å². The first kappa shape index (κ1) is 14.9. The fourth-order valence-corrected chi connectivity index (χ4v) is 1.08. The Kier molecular flexibility index (Phi) is 6.72. The fourth-order valence-electron chi connectivity index (χ4n) is 1.08. The number of unbranched alkanes of at least 4 members (excludes halogenated alkanes) is 1. The minimum atomic E-state index is -0.468. The molecule has 0 bridgehead atoms. The van der Waals surface area contributed by atoms with E-state index in [2.05, 4.69) is 5.32 Å². The van der Waals surface area contributed by atoms with Gasteiger partial charge in [-0.05, 0) is 40.0 Å². The maximum atomic E-state index is 11.2. The van der Waals surface area contributed by atoms with E-state index < -0.39 is 11.7 Å². The van der Waals surface area contributed by atoms with E-state index in [1.807, 2.05) is 20.8 Å². The summed E-state index contributed by atoms with van der Waals surface area (Å²) in [5.74, 6) is 0. The van der Waals surface area contributed by atoms with Gasteiger partial charge in [-0.25, -0.2) is 4.79 Å². The van der Waals surface area contributed by atoms with Gasteiger partial charge in [-0.15, -0.1) is 0 Å². The molecule has 0 aliphatic rings. The maximum absolute atomic E-state index is 11.2. The molecule has 1 amide bonds. The summed E-state index contributed by atoms with van der Waals surface area (Å²) in [4.78, 5) is 21.4. The summed E-state index contributed by atoms with van der Waals surface area (Å²) in [6, 6.07) is -0.387. The molecule has 0 saturated carbocycles. The van der Waals surface area contributed by atoms with Crippen molar-refractivity contribution in [3.8, 4) is 0 Å². The molecule has 0 fully saturated rings. The lowest BCUT2D eigenvalue weighted by Crippen LogP contribution is -2.33. The van der Waals surface area contributed by atoms with E-state index in [0.717, 1.165) is 19.1 Å². The van der Waals surface area contributed by atoms with Gasteiger partial charge in [0.15, 0.2) is 0 Å². The smallest absolute Gasteiger partial charge is 0.407 e. The van der Waals surface area contributed by atoms with Gasteiger partial charge in [-0.3, -0.25) is 0 Å². The molecule has 94 valence electrons. The Morgan fingerprint density at radius 1 is 1.44 bits per heavy atom. The van der Waals surface area contributed by atoms with Gasteiger partial charge in [-0.1, -0.05) is 0 Å². The molecule has 5 heteroatoms. The lowest BCUT2D eigenvalue weighted by molar-refractivity contribution is -0.109. The Balaban J connectivity index is 3.45. The molecule has 1 atom stereocenters. The standard InChI is InChI=1S/C11H22N2O3/c1-11(2,3)16-10(15)13-7-5-4-6-9(12)8-14/h8-9H,4-7,12H2,1-3H3,(H,13,15). The number of nitrogens with two attached hydrogens (primary N) is 1. The second kappa shape index (κ2) is 7.22. The van der Waals surface area contributed by atoms with E-state index in [0.29, 0.717) is 13.0 Å². The van der Waals surface area contributed by atoms with Crippen molar-refractivity contribution in [2.45, 2.75) is 51.7 Å². The van der Waals surface area contributed by atoms with E-state index in [-0.39, 0.29) is 6.04 Å². The molecular formula is C11H22N2O3. The highest BCUT2D eigenvalue weighted by Crippen LogP contribution is 2.06. The zero-order valence-corrected chi connectivity index (χ0v) is 10.3. The Hall–Kier alpha value is -1.10. The molecule has 16 heavy (non-hydrogen) atoms. The normalized spacial score (nSPS) is 13.0. The molecule has 0 spiro atoms. The number of hydrogen-bond acceptors (Lipinski definition) is 4. The summed E-state index contributed by atoms with van der Waals surface area (Å²) < 4.78 is 5.06. The number of nitrogens with one attached hydrogen (secondary N) is 1. The van der Waals surface area contributed by atoms with Crippen LogP contribution >= 0.6 is 0 Å². The minimum absolute atomic E-state index is 0.387. The molecule has 0 aromatic carbocycles. The first-order valence-electron chi connectivity index (χ1n) is 5.53. The van der Waals surface area contributed by atoms with Crippen molar-refractivity contribution in [1.29, 1.82) is 0 Å². The van der Waals surface area contributed by atoms with E-state index in [4.69, 9.17) is 10.5 Å². The molecule has 0 heterocycles. The summed E-state index contributed by atoms with van der Waals surface area (Å²) in [6.07, 6.45) is 2.59. The van der Waals surface area contributed by atoms with Crippen molar-refractivity contribution in [2.24, 2.45) is 5.73 Å². The van der Waals surface area contributed by atoms with Crippen LogP contribution < -0.4 is 11.1 Å². The number of hydrogen-bond donors (Lipinski definition) is 2. The summed E-state index contributed by atoms with van der Waals surface area (Å²) >= 11 is 0. The molecule has 0 aliphatic carbocycles. The first-order chi connectivity index (χ1) is 7.35. The van der Waals surface area contributed by atoms with Gasteiger partial charge in [0.2, 0.25) is 0 Å². The number of carbonyl (C=O) groups excluding carboxylic acids is 2. The van der Waals surface area contributed by atoms with Gasteiger partial charge in [0.1, 0.15) is 11.9 Å². The molecule has 3 N–H and O–H groups in total. The van der Waals surface area contributed by atoms with Crippen LogP contribution in [0.15, 0.2) is 0 Å². The van der Waals surface area contributed by atoms with E-state index in [1.165, 1.54) is 0 Å². The quantitative estimate of drug-likeness (QED) is 0.531. The number of rotatable bonds is 6. The predicted molar refractivity (Wildman–Crippen MR) is 62.1 cm³/mol. The van der Waals surface area contributed by atoms with Crippen molar-refractivity contribution in [2.75, 3.05) is 6.54 Å². The Bertz CT molecular complexity index is 224. The number of amides is 1. The van der Waals surface area contributed by atoms with Crippen LogP contribution in [0, 0.1) is 0 Å². The zero-order chi connectivity index (χ0) is 12.6. The van der Waals surface area contributed by atoms with Crippen molar-refractivity contribution in [1.82, 2.24) is 5.32 Å². The number of aldehydes is 1. The van der Waals surface area contributed by atoms with Crippen molar-refractivity contribution in [3.05, 3.63) is 0 Å². The highest BCUT2D eigenvalue weighted by Gasteiger charge is 2.15. The summed E-state index contributed by atoms with van der Waals surface area (Å²) in [5.41, 5.74) is 4.95. The SMILES string of the molecule is CC(C)(C)OC(=O)NCCCCC(N)C=O. The second-order valence-corrected chi connectivity index (χ2v) is 4.72. The van der Waals surface area contributed by atoms with Gasteiger partial charge in [-0.2, -0.15) is 0 Å². The third-order valence-corrected chi connectivity index (χ3v) is 1.81. The molecule has 0 aliphatic heterocycles. The predicted octanol–water partition coefficient (Wildman–Crippen LogP) is 1.21. The Morgan fingerprint density at radius 3 is 2.56 bits per heavy atom. The topological polar surface area (TPSA) is 81.4 Å². The summed E-state index contributed by atoms with van der Waals surface area (Å²) in [7, 11) is 0. The van der Waals surface area contributed by atoms with Crippen LogP contribution in [0.5, 0.6) is 0 Å². The average Bonchev–Trinajstić information content (AvgIpc) is 2.14. The van der Waals surface area contributed by atoms with Crippen molar-refractivity contribution >= 4 is 12.4 Å². The average molecular weight is 230 g/mol. The minimum Gasteiger partial charge on any atom is -0.444 e. The van der Waals surface area contributed by atoms with Crippen LogP contribution in [0.3, 0.4) is 0 Å². The third-order valence-electron chi connectivity index (χ3n) is 1.81. The molecule has 0 aromatic rings. The first-order valence-corrected chi connectivity index (χ1v) is 5.53. The molecular weight excluding hydrogens is 208 g/mol.